The maximum Gasteiger partial charge on any atom is 0.206 e. The third kappa shape index (κ3) is 5.59. The van der Waals surface area contributed by atoms with Crippen molar-refractivity contribution < 1.29 is 17.9 Å². The van der Waals surface area contributed by atoms with Gasteiger partial charge in [-0.25, -0.2) is 8.42 Å². The van der Waals surface area contributed by atoms with Crippen molar-refractivity contribution in [2.45, 2.75) is 16.7 Å². The van der Waals surface area contributed by atoms with E-state index < -0.39 is 9.84 Å². The van der Waals surface area contributed by atoms with Crippen LogP contribution in [-0.2, 0) is 9.84 Å². The lowest BCUT2D eigenvalue weighted by atomic mass is 10.3. The van der Waals surface area contributed by atoms with Crippen LogP contribution in [-0.4, -0.2) is 8.42 Å². The van der Waals surface area contributed by atoms with Gasteiger partial charge in [-0.3, -0.25) is 0 Å². The molecule has 0 aliphatic carbocycles. The molecule has 0 aromatic heterocycles. The number of hydrogen-bond donors (Lipinski definition) is 2. The van der Waals surface area contributed by atoms with E-state index in [1.165, 1.54) is 30.3 Å². The van der Waals surface area contributed by atoms with E-state index in [1.54, 1.807) is 67.6 Å². The topological polar surface area (TPSA) is 105 Å². The Hall–Kier alpha value is -3.97. The van der Waals surface area contributed by atoms with Crippen LogP contribution in [0.15, 0.2) is 119 Å². The number of allylic oxidation sites excluding steroid dienone is 3. The molecular weight excluding hydrogens is 424 g/mol. The molecule has 3 aromatic rings. The van der Waals surface area contributed by atoms with Crippen LogP contribution in [0, 0.1) is 0 Å². The van der Waals surface area contributed by atoms with Gasteiger partial charge in [-0.05, 0) is 79.7 Å². The first-order valence-corrected chi connectivity index (χ1v) is 11.2. The monoisotopic (exact) mass is 448 g/mol. The summed E-state index contributed by atoms with van der Waals surface area (Å²) in [4.78, 5) is 0.305. The Labute approximate surface area is 188 Å². The van der Waals surface area contributed by atoms with E-state index in [4.69, 9.17) is 20.9 Å². The molecule has 0 aliphatic heterocycles. The Kier molecular flexibility index (Phi) is 7.02. The second kappa shape index (κ2) is 9.89. The fraction of sp³-hybridized carbons (Fsp3) is 0.0400. The van der Waals surface area contributed by atoms with E-state index >= 15 is 0 Å². The lowest BCUT2D eigenvalue weighted by Gasteiger charge is -2.10. The van der Waals surface area contributed by atoms with Crippen molar-refractivity contribution in [3.8, 4) is 17.2 Å². The number of hydrogen-bond acceptors (Lipinski definition) is 6. The van der Waals surface area contributed by atoms with Crippen LogP contribution >= 0.6 is 0 Å². The zero-order valence-corrected chi connectivity index (χ0v) is 18.4. The minimum absolute atomic E-state index is 0.150. The predicted octanol–water partition coefficient (Wildman–Crippen LogP) is 5.21. The molecule has 3 rings (SSSR count). The summed E-state index contributed by atoms with van der Waals surface area (Å²) in [7, 11) is -3.70. The lowest BCUT2D eigenvalue weighted by Crippen LogP contribution is -2.02. The van der Waals surface area contributed by atoms with Gasteiger partial charge in [-0.1, -0.05) is 12.6 Å². The van der Waals surface area contributed by atoms with Crippen molar-refractivity contribution in [1.82, 2.24) is 0 Å². The second-order valence-corrected chi connectivity index (χ2v) is 8.71. The smallest absolute Gasteiger partial charge is 0.206 e. The summed E-state index contributed by atoms with van der Waals surface area (Å²) in [6.07, 6.45) is 4.88. The normalized spacial score (nSPS) is 12.3. The molecule has 0 amide bonds. The quantitative estimate of drug-likeness (QED) is 0.279. The summed E-state index contributed by atoms with van der Waals surface area (Å²) in [5, 5.41) is 0. The molecular formula is C25H24N2O4S. The van der Waals surface area contributed by atoms with Gasteiger partial charge in [0.15, 0.2) is 0 Å². The van der Waals surface area contributed by atoms with Crippen molar-refractivity contribution in [3.63, 3.8) is 0 Å². The molecule has 32 heavy (non-hydrogen) atoms. The summed E-state index contributed by atoms with van der Waals surface area (Å²) in [6.45, 7) is 5.40. The van der Waals surface area contributed by atoms with E-state index in [-0.39, 0.29) is 9.79 Å². The van der Waals surface area contributed by atoms with Gasteiger partial charge in [0.2, 0.25) is 9.84 Å². The summed E-state index contributed by atoms with van der Waals surface area (Å²) >= 11 is 0. The summed E-state index contributed by atoms with van der Waals surface area (Å²) in [6, 6.07) is 19.4. The highest BCUT2D eigenvalue weighted by Crippen LogP contribution is 2.28. The third-order valence-corrected chi connectivity index (χ3v) is 6.21. The summed E-state index contributed by atoms with van der Waals surface area (Å²) in [5.41, 5.74) is 12.5. The van der Waals surface area contributed by atoms with Gasteiger partial charge in [0.25, 0.3) is 0 Å². The van der Waals surface area contributed by atoms with Crippen LogP contribution in [0.2, 0.25) is 0 Å². The molecule has 6 nitrogen and oxygen atoms in total. The van der Waals surface area contributed by atoms with E-state index in [9.17, 15) is 8.42 Å². The molecule has 0 unspecified atom stereocenters. The van der Waals surface area contributed by atoms with Crippen LogP contribution in [0.5, 0.6) is 17.2 Å². The Morgan fingerprint density at radius 2 is 1.50 bits per heavy atom. The average molecular weight is 449 g/mol. The van der Waals surface area contributed by atoms with E-state index in [0.29, 0.717) is 34.4 Å². The van der Waals surface area contributed by atoms with Crippen LogP contribution in [0.25, 0.3) is 0 Å². The fourth-order valence-corrected chi connectivity index (χ4v) is 4.02. The van der Waals surface area contributed by atoms with Gasteiger partial charge >= 0.3 is 0 Å². The first-order valence-electron chi connectivity index (χ1n) is 9.74. The molecule has 164 valence electrons. The van der Waals surface area contributed by atoms with Crippen molar-refractivity contribution in [1.29, 1.82) is 0 Å². The molecule has 0 saturated heterocycles. The number of anilines is 1. The third-order valence-electron chi connectivity index (χ3n) is 4.43. The number of nitrogen functional groups attached to an aromatic ring is 1. The zero-order valence-electron chi connectivity index (χ0n) is 17.6. The molecule has 0 fully saturated rings. The Balaban J connectivity index is 1.75. The van der Waals surface area contributed by atoms with Crippen molar-refractivity contribution in [2.24, 2.45) is 5.73 Å². The Bertz CT molecular complexity index is 1260. The standard InChI is InChI=1S/C25H24N2O4S/c1-3-18(26)16-20(4-2)30-21-8-12-24(13-9-21)32(28,29)25-14-10-22(11-15-25)31-23-7-5-6-19(27)17-23/h3-17H,1,26-27H2,2H3/b18-16+,20-4+. The Morgan fingerprint density at radius 1 is 0.906 bits per heavy atom. The largest absolute Gasteiger partial charge is 0.458 e. The van der Waals surface area contributed by atoms with Crippen LogP contribution in [0.4, 0.5) is 5.69 Å². The second-order valence-electron chi connectivity index (χ2n) is 6.76. The molecule has 0 atom stereocenters. The van der Waals surface area contributed by atoms with Crippen molar-refractivity contribution >= 4 is 15.5 Å². The molecule has 4 N–H and O–H groups in total. The van der Waals surface area contributed by atoms with Gasteiger partial charge in [0.05, 0.1) is 9.79 Å². The number of sulfone groups is 1. The maximum absolute atomic E-state index is 13.0. The molecule has 0 bridgehead atoms. The average Bonchev–Trinajstić information content (AvgIpc) is 2.79. The van der Waals surface area contributed by atoms with Crippen molar-refractivity contribution in [2.75, 3.05) is 5.73 Å². The van der Waals surface area contributed by atoms with Gasteiger partial charge in [-0.2, -0.15) is 0 Å². The number of ether oxygens (including phenoxy) is 2. The van der Waals surface area contributed by atoms with Crippen LogP contribution < -0.4 is 20.9 Å². The first kappa shape index (κ1) is 22.7. The van der Waals surface area contributed by atoms with Crippen molar-refractivity contribution in [3.05, 3.63) is 109 Å². The zero-order chi connectivity index (χ0) is 23.1. The van der Waals surface area contributed by atoms with Gasteiger partial charge in [-0.15, -0.1) is 0 Å². The minimum atomic E-state index is -3.70. The molecule has 7 heteroatoms. The Morgan fingerprint density at radius 3 is 2.03 bits per heavy atom. The van der Waals surface area contributed by atoms with Crippen LogP contribution in [0.1, 0.15) is 6.92 Å². The lowest BCUT2D eigenvalue weighted by molar-refractivity contribution is 0.442. The van der Waals surface area contributed by atoms with E-state index in [1.807, 2.05) is 0 Å². The molecule has 0 radical (unpaired) electrons. The summed E-state index contributed by atoms with van der Waals surface area (Å²) in [5.74, 6) is 2.08. The summed E-state index contributed by atoms with van der Waals surface area (Å²) < 4.78 is 37.4. The number of rotatable bonds is 8. The first-order chi connectivity index (χ1) is 15.3. The molecule has 0 heterocycles. The number of benzene rings is 3. The fourth-order valence-electron chi connectivity index (χ4n) is 2.75. The van der Waals surface area contributed by atoms with E-state index in [0.717, 1.165) is 0 Å². The molecule has 0 aliphatic rings. The highest BCUT2D eigenvalue weighted by Gasteiger charge is 2.18. The minimum Gasteiger partial charge on any atom is -0.458 e. The predicted molar refractivity (Wildman–Crippen MR) is 126 cm³/mol. The molecule has 3 aromatic carbocycles. The molecule has 0 spiro atoms. The number of nitrogens with two attached hydrogens (primary N) is 2. The van der Waals surface area contributed by atoms with Gasteiger partial charge in [0, 0.05) is 23.5 Å². The maximum atomic E-state index is 13.0. The highest BCUT2D eigenvalue weighted by molar-refractivity contribution is 7.91. The van der Waals surface area contributed by atoms with Gasteiger partial charge in [0.1, 0.15) is 23.0 Å². The SMILES string of the molecule is C=C/C(N)=C\C(=C/C)Oc1ccc(S(=O)(=O)c2ccc(Oc3cccc(N)c3)cc2)cc1. The molecule has 0 saturated carbocycles. The highest BCUT2D eigenvalue weighted by atomic mass is 32.2. The van der Waals surface area contributed by atoms with Gasteiger partial charge < -0.3 is 20.9 Å². The van der Waals surface area contributed by atoms with Crippen LogP contribution in [0.3, 0.4) is 0 Å². The van der Waals surface area contributed by atoms with E-state index in [2.05, 4.69) is 6.58 Å².